The van der Waals surface area contributed by atoms with Gasteiger partial charge in [0.1, 0.15) is 0 Å². The smallest absolute Gasteiger partial charge is 0.306 e. The van der Waals surface area contributed by atoms with Crippen LogP contribution >= 0.6 is 0 Å². The molecule has 0 aromatic rings. The Morgan fingerprint density at radius 1 is 0.283 bits per heavy atom. The van der Waals surface area contributed by atoms with Gasteiger partial charge in [-0.1, -0.05) is 259 Å². The number of unbranched alkanes of at least 4 members (excludes halogenated alkanes) is 32. The molecule has 0 saturated heterocycles. The van der Waals surface area contributed by atoms with Gasteiger partial charge >= 0.3 is 11.9 Å². The molecule has 53 heavy (non-hydrogen) atoms. The van der Waals surface area contributed by atoms with E-state index in [0.717, 1.165) is 51.4 Å². The van der Waals surface area contributed by atoms with Crippen molar-refractivity contribution in [3.05, 3.63) is 0 Å². The van der Waals surface area contributed by atoms with Gasteiger partial charge in [0.25, 0.3) is 0 Å². The first-order chi connectivity index (χ1) is 25.4. The van der Waals surface area contributed by atoms with Gasteiger partial charge in [-0.2, -0.15) is 0 Å². The summed E-state index contributed by atoms with van der Waals surface area (Å²) in [6, 6.07) is 0. The fraction of sp³-hybridized carbons (Fsp3) is 0.958. The second-order valence-corrected chi connectivity index (χ2v) is 16.5. The van der Waals surface area contributed by atoms with Crippen LogP contribution in [0.1, 0.15) is 285 Å². The van der Waals surface area contributed by atoms with E-state index in [4.69, 9.17) is 0 Å². The van der Waals surface area contributed by atoms with Gasteiger partial charge in [0.2, 0.25) is 0 Å². The minimum atomic E-state index is -0.566. The predicted octanol–water partition coefficient (Wildman–Crippen LogP) is 16.7. The molecule has 0 fully saturated rings. The minimum Gasteiger partial charge on any atom is -0.481 e. The average molecular weight is 856 g/mol. The van der Waals surface area contributed by atoms with Crippen LogP contribution in [0, 0.1) is 11.8 Å². The van der Waals surface area contributed by atoms with Crippen LogP contribution < -0.4 is 0 Å². The van der Waals surface area contributed by atoms with Crippen LogP contribution in [-0.2, 0) is 9.59 Å². The Kier molecular flexibility index (Phi) is 53.6. The SMILES string of the molecule is CCCCCCCCCCCCC(CCCCCCCCCC)C(=O)O.CCCCCCCCCCCCC(CCCCCCCCCC)C(=O)O.[Sn]. The van der Waals surface area contributed by atoms with Crippen molar-refractivity contribution in [2.45, 2.75) is 285 Å². The van der Waals surface area contributed by atoms with Gasteiger partial charge in [-0.25, -0.2) is 0 Å². The van der Waals surface area contributed by atoms with E-state index in [1.54, 1.807) is 0 Å². The van der Waals surface area contributed by atoms with E-state index in [1.165, 1.54) is 205 Å². The zero-order valence-electron chi connectivity index (χ0n) is 36.6. The molecule has 5 heteroatoms. The van der Waals surface area contributed by atoms with E-state index in [1.807, 2.05) is 0 Å². The van der Waals surface area contributed by atoms with Crippen LogP contribution in [0.5, 0.6) is 0 Å². The number of hydrogen-bond acceptors (Lipinski definition) is 2. The van der Waals surface area contributed by atoms with Crippen LogP contribution in [0.15, 0.2) is 0 Å². The molecule has 316 valence electrons. The van der Waals surface area contributed by atoms with Gasteiger partial charge in [0.05, 0.1) is 11.8 Å². The topological polar surface area (TPSA) is 74.6 Å². The van der Waals surface area contributed by atoms with E-state index in [-0.39, 0.29) is 35.7 Å². The fourth-order valence-electron chi connectivity index (χ4n) is 7.59. The van der Waals surface area contributed by atoms with E-state index < -0.39 is 11.9 Å². The van der Waals surface area contributed by atoms with Gasteiger partial charge in [-0.15, -0.1) is 0 Å². The zero-order valence-corrected chi connectivity index (χ0v) is 39.5. The summed E-state index contributed by atoms with van der Waals surface area (Å²) in [4.78, 5) is 22.9. The van der Waals surface area contributed by atoms with Gasteiger partial charge < -0.3 is 10.2 Å². The monoisotopic (exact) mass is 857 g/mol. The van der Waals surface area contributed by atoms with Crippen LogP contribution in [0.3, 0.4) is 0 Å². The molecule has 0 aliphatic rings. The Morgan fingerprint density at radius 2 is 0.415 bits per heavy atom. The van der Waals surface area contributed by atoms with Crippen LogP contribution in [0.4, 0.5) is 0 Å². The number of carboxylic acid groups (broad SMARTS) is 2. The number of hydrogen-bond donors (Lipinski definition) is 2. The van der Waals surface area contributed by atoms with Crippen molar-refractivity contribution in [1.29, 1.82) is 0 Å². The second kappa shape index (κ2) is 49.8. The van der Waals surface area contributed by atoms with Gasteiger partial charge in [0.15, 0.2) is 0 Å². The molecule has 4 nitrogen and oxygen atoms in total. The van der Waals surface area contributed by atoms with Crippen LogP contribution in [0.25, 0.3) is 0 Å². The zero-order chi connectivity index (χ0) is 38.6. The standard InChI is InChI=1S/2C24H48O2.Sn/c2*1-3-5-7-9-11-13-14-16-18-20-22-23(24(25)26)21-19-17-15-12-10-8-6-4-2;/h2*23H,3-22H2,1-2H3,(H,25,26);. The summed E-state index contributed by atoms with van der Waals surface area (Å²) in [5.41, 5.74) is 0. The molecule has 0 heterocycles. The minimum absolute atomic E-state index is 0. The molecule has 0 rings (SSSR count). The van der Waals surface area contributed by atoms with E-state index in [2.05, 4.69) is 27.7 Å². The Bertz CT molecular complexity index is 641. The van der Waals surface area contributed by atoms with Crippen molar-refractivity contribution < 1.29 is 19.8 Å². The van der Waals surface area contributed by atoms with Crippen molar-refractivity contribution in [2.24, 2.45) is 11.8 Å². The summed E-state index contributed by atoms with van der Waals surface area (Å²) in [6.07, 6.45) is 50.6. The molecular weight excluding hydrogens is 759 g/mol. The third-order valence-electron chi connectivity index (χ3n) is 11.3. The Morgan fingerprint density at radius 3 is 0.547 bits per heavy atom. The van der Waals surface area contributed by atoms with E-state index >= 15 is 0 Å². The van der Waals surface area contributed by atoms with Crippen molar-refractivity contribution in [2.75, 3.05) is 0 Å². The van der Waals surface area contributed by atoms with Gasteiger partial charge in [-0.05, 0) is 25.7 Å². The molecule has 0 aromatic carbocycles. The second-order valence-electron chi connectivity index (χ2n) is 16.5. The first-order valence-electron chi connectivity index (χ1n) is 23.9. The molecule has 0 aliphatic carbocycles. The number of aliphatic carboxylic acids is 2. The quantitative estimate of drug-likeness (QED) is 0.0474. The number of rotatable bonds is 42. The number of carbonyl (C=O) groups is 2. The predicted molar refractivity (Wildman–Crippen MR) is 235 cm³/mol. The Balaban J connectivity index is -0.000000926. The normalized spacial score (nSPS) is 12.2. The summed E-state index contributed by atoms with van der Waals surface area (Å²) in [5, 5.41) is 18.8. The van der Waals surface area contributed by atoms with Crippen molar-refractivity contribution in [3.8, 4) is 0 Å². The third kappa shape index (κ3) is 47.8. The van der Waals surface area contributed by atoms with Crippen molar-refractivity contribution in [1.82, 2.24) is 0 Å². The van der Waals surface area contributed by atoms with E-state index in [0.29, 0.717) is 0 Å². The summed E-state index contributed by atoms with van der Waals surface area (Å²) in [5.74, 6) is -1.32. The summed E-state index contributed by atoms with van der Waals surface area (Å²) < 4.78 is 0. The van der Waals surface area contributed by atoms with Gasteiger partial charge in [-0.3, -0.25) is 9.59 Å². The first kappa shape index (κ1) is 57.1. The molecule has 0 spiro atoms. The Hall–Kier alpha value is -0.261. The maximum atomic E-state index is 11.4. The van der Waals surface area contributed by atoms with Gasteiger partial charge in [0, 0.05) is 23.9 Å². The van der Waals surface area contributed by atoms with Crippen LogP contribution in [0.2, 0.25) is 0 Å². The molecule has 2 unspecified atom stereocenters. The van der Waals surface area contributed by atoms with Crippen molar-refractivity contribution >= 4 is 35.8 Å². The average Bonchev–Trinajstić information content (AvgIpc) is 3.13. The number of carboxylic acids is 2. The molecule has 4 radical (unpaired) electrons. The molecule has 0 aromatic heterocycles. The van der Waals surface area contributed by atoms with E-state index in [9.17, 15) is 19.8 Å². The molecular formula is C48H96O4Sn. The third-order valence-corrected chi connectivity index (χ3v) is 11.3. The maximum Gasteiger partial charge on any atom is 0.306 e. The molecule has 0 amide bonds. The molecule has 0 aliphatic heterocycles. The molecule has 0 saturated carbocycles. The first-order valence-corrected chi connectivity index (χ1v) is 23.9. The summed E-state index contributed by atoms with van der Waals surface area (Å²) in [6.45, 7) is 9.03. The summed E-state index contributed by atoms with van der Waals surface area (Å²) >= 11 is 0. The fourth-order valence-corrected chi connectivity index (χ4v) is 7.59. The molecule has 2 N–H and O–H groups in total. The van der Waals surface area contributed by atoms with Crippen molar-refractivity contribution in [3.63, 3.8) is 0 Å². The molecule has 0 bridgehead atoms. The van der Waals surface area contributed by atoms with Crippen LogP contribution in [-0.4, -0.2) is 46.1 Å². The summed E-state index contributed by atoms with van der Waals surface area (Å²) in [7, 11) is 0. The Labute approximate surface area is 350 Å². The largest absolute Gasteiger partial charge is 0.481 e. The maximum absolute atomic E-state index is 11.4. The molecule has 2 atom stereocenters.